The van der Waals surface area contributed by atoms with E-state index in [2.05, 4.69) is 31.0 Å². The molecular weight excluding hydrogens is 324 g/mol. The molecule has 7 heteroatoms. The Morgan fingerprint density at radius 3 is 2.60 bits per heavy atom. The van der Waals surface area contributed by atoms with Crippen molar-refractivity contribution in [3.8, 4) is 0 Å². The smallest absolute Gasteiger partial charge is 0.275 e. The Labute approximate surface area is 127 Å². The van der Waals surface area contributed by atoms with Crippen LogP contribution in [0.4, 0.5) is 0 Å². The highest BCUT2D eigenvalue weighted by molar-refractivity contribution is 9.10. The summed E-state index contributed by atoms with van der Waals surface area (Å²) in [6.45, 7) is 7.47. The number of aromatic nitrogens is 2. The minimum absolute atomic E-state index is 0.0445. The zero-order chi connectivity index (χ0) is 14.7. The number of nitrogens with one attached hydrogen (secondary N) is 1. The summed E-state index contributed by atoms with van der Waals surface area (Å²) in [7, 11) is 0. The summed E-state index contributed by atoms with van der Waals surface area (Å²) >= 11 is 3.39. The van der Waals surface area contributed by atoms with Crippen molar-refractivity contribution in [2.45, 2.75) is 26.4 Å². The van der Waals surface area contributed by atoms with Gasteiger partial charge in [-0.05, 0) is 29.3 Å². The second-order valence-electron chi connectivity index (χ2n) is 5.17. The number of rotatable bonds is 4. The normalized spacial score (nSPS) is 18.3. The van der Waals surface area contributed by atoms with Crippen molar-refractivity contribution in [3.05, 3.63) is 15.9 Å². The number of amides is 1. The van der Waals surface area contributed by atoms with E-state index in [1.807, 2.05) is 18.7 Å². The minimum Gasteiger partial charge on any atom is -0.392 e. The van der Waals surface area contributed by atoms with Gasteiger partial charge in [0.2, 0.25) is 0 Å². The Morgan fingerprint density at radius 2 is 2.10 bits per heavy atom. The first-order valence-corrected chi connectivity index (χ1v) is 7.72. The number of aliphatic hydroxyl groups is 1. The van der Waals surface area contributed by atoms with Crippen LogP contribution in [0.2, 0.25) is 0 Å². The average molecular weight is 345 g/mol. The van der Waals surface area contributed by atoms with E-state index in [1.54, 1.807) is 0 Å². The SMILES string of the molecule is CCC(O)CN1CCN(C(=O)c2n[nH]c(C)c2Br)CC1. The average Bonchev–Trinajstić information content (AvgIpc) is 2.79. The molecule has 0 radical (unpaired) electrons. The molecule has 2 rings (SSSR count). The first-order chi connectivity index (χ1) is 9.52. The molecule has 0 aromatic carbocycles. The highest BCUT2D eigenvalue weighted by Crippen LogP contribution is 2.20. The number of aliphatic hydroxyl groups excluding tert-OH is 1. The molecule has 2 heterocycles. The fourth-order valence-corrected chi connectivity index (χ4v) is 2.61. The third-order valence-electron chi connectivity index (χ3n) is 3.67. The van der Waals surface area contributed by atoms with Gasteiger partial charge in [-0.2, -0.15) is 5.10 Å². The third-order valence-corrected chi connectivity index (χ3v) is 4.65. The molecule has 1 aliphatic heterocycles. The summed E-state index contributed by atoms with van der Waals surface area (Å²) in [4.78, 5) is 16.4. The Balaban J connectivity index is 1.90. The molecule has 1 atom stereocenters. The number of carbonyl (C=O) groups is 1. The largest absolute Gasteiger partial charge is 0.392 e. The molecule has 1 amide bonds. The van der Waals surface area contributed by atoms with E-state index >= 15 is 0 Å². The number of aromatic amines is 1. The van der Waals surface area contributed by atoms with Gasteiger partial charge in [-0.25, -0.2) is 0 Å². The Hall–Kier alpha value is -0.920. The van der Waals surface area contributed by atoms with Crippen LogP contribution < -0.4 is 0 Å². The topological polar surface area (TPSA) is 72.5 Å². The highest BCUT2D eigenvalue weighted by Gasteiger charge is 2.26. The van der Waals surface area contributed by atoms with E-state index in [0.29, 0.717) is 25.3 Å². The molecule has 1 aliphatic rings. The molecule has 112 valence electrons. The van der Waals surface area contributed by atoms with Crippen LogP contribution in [-0.4, -0.2) is 69.8 Å². The van der Waals surface area contributed by atoms with Gasteiger partial charge >= 0.3 is 0 Å². The van der Waals surface area contributed by atoms with Crippen LogP contribution in [0.5, 0.6) is 0 Å². The van der Waals surface area contributed by atoms with Gasteiger partial charge in [0.1, 0.15) is 0 Å². The number of β-amino-alcohol motifs (C(OH)–C–C–N with tert-alkyl or cyclic N) is 1. The first-order valence-electron chi connectivity index (χ1n) is 6.93. The standard InChI is InChI=1S/C13H21BrN4O2/c1-3-10(19)8-17-4-6-18(7-5-17)13(20)12-11(14)9(2)15-16-12/h10,19H,3-8H2,1-2H3,(H,15,16). The second kappa shape index (κ2) is 6.69. The van der Waals surface area contributed by atoms with Gasteiger partial charge in [0.05, 0.1) is 10.6 Å². The highest BCUT2D eigenvalue weighted by atomic mass is 79.9. The van der Waals surface area contributed by atoms with E-state index in [0.717, 1.165) is 29.7 Å². The van der Waals surface area contributed by atoms with Crippen molar-refractivity contribution in [1.29, 1.82) is 0 Å². The van der Waals surface area contributed by atoms with E-state index in [4.69, 9.17) is 0 Å². The van der Waals surface area contributed by atoms with Crippen LogP contribution in [0.3, 0.4) is 0 Å². The van der Waals surface area contributed by atoms with Gasteiger partial charge in [-0.15, -0.1) is 0 Å². The van der Waals surface area contributed by atoms with Crippen LogP contribution in [-0.2, 0) is 0 Å². The van der Waals surface area contributed by atoms with Crippen molar-refractivity contribution in [1.82, 2.24) is 20.0 Å². The van der Waals surface area contributed by atoms with Crippen molar-refractivity contribution in [2.75, 3.05) is 32.7 Å². The van der Waals surface area contributed by atoms with Gasteiger partial charge in [-0.1, -0.05) is 6.92 Å². The van der Waals surface area contributed by atoms with Gasteiger partial charge in [0, 0.05) is 38.4 Å². The molecule has 1 aromatic heterocycles. The number of hydrogen-bond acceptors (Lipinski definition) is 4. The Kier molecular flexibility index (Phi) is 5.17. The molecular formula is C13H21BrN4O2. The molecule has 1 saturated heterocycles. The predicted molar refractivity (Wildman–Crippen MR) is 79.7 cm³/mol. The molecule has 0 spiro atoms. The number of piperazine rings is 1. The zero-order valence-corrected chi connectivity index (χ0v) is 13.5. The van der Waals surface area contributed by atoms with Gasteiger partial charge < -0.3 is 10.0 Å². The van der Waals surface area contributed by atoms with Gasteiger partial charge in [0.15, 0.2) is 5.69 Å². The van der Waals surface area contributed by atoms with E-state index in [1.165, 1.54) is 0 Å². The molecule has 20 heavy (non-hydrogen) atoms. The molecule has 6 nitrogen and oxygen atoms in total. The lowest BCUT2D eigenvalue weighted by Crippen LogP contribution is -2.50. The number of nitrogens with zero attached hydrogens (tertiary/aromatic N) is 3. The molecule has 1 fully saturated rings. The lowest BCUT2D eigenvalue weighted by atomic mass is 10.2. The minimum atomic E-state index is -0.277. The van der Waals surface area contributed by atoms with Gasteiger partial charge in [0.25, 0.3) is 5.91 Å². The maximum Gasteiger partial charge on any atom is 0.275 e. The molecule has 1 aromatic rings. The molecule has 0 saturated carbocycles. The van der Waals surface area contributed by atoms with Crippen molar-refractivity contribution < 1.29 is 9.90 Å². The van der Waals surface area contributed by atoms with Gasteiger partial charge in [-0.3, -0.25) is 14.8 Å². The Morgan fingerprint density at radius 1 is 1.45 bits per heavy atom. The molecule has 1 unspecified atom stereocenters. The maximum atomic E-state index is 12.4. The first kappa shape index (κ1) is 15.5. The fraction of sp³-hybridized carbons (Fsp3) is 0.692. The summed E-state index contributed by atoms with van der Waals surface area (Å²) in [6.07, 6.45) is 0.485. The van der Waals surface area contributed by atoms with Crippen LogP contribution in [0.25, 0.3) is 0 Å². The molecule has 0 aliphatic carbocycles. The summed E-state index contributed by atoms with van der Waals surface area (Å²) in [5.74, 6) is -0.0445. The summed E-state index contributed by atoms with van der Waals surface area (Å²) in [5, 5.41) is 16.5. The van der Waals surface area contributed by atoms with E-state index in [-0.39, 0.29) is 12.0 Å². The van der Waals surface area contributed by atoms with Crippen molar-refractivity contribution >= 4 is 21.8 Å². The predicted octanol–water partition coefficient (Wildman–Crippen LogP) is 1.01. The van der Waals surface area contributed by atoms with Crippen LogP contribution in [0.15, 0.2) is 4.47 Å². The molecule has 2 N–H and O–H groups in total. The van der Waals surface area contributed by atoms with Crippen LogP contribution in [0, 0.1) is 6.92 Å². The monoisotopic (exact) mass is 344 g/mol. The molecule has 0 bridgehead atoms. The number of H-pyrrole nitrogens is 1. The van der Waals surface area contributed by atoms with E-state index in [9.17, 15) is 9.90 Å². The number of hydrogen-bond donors (Lipinski definition) is 2. The summed E-state index contributed by atoms with van der Waals surface area (Å²) in [6, 6.07) is 0. The third kappa shape index (κ3) is 3.39. The second-order valence-corrected chi connectivity index (χ2v) is 5.96. The van der Waals surface area contributed by atoms with Crippen molar-refractivity contribution in [3.63, 3.8) is 0 Å². The maximum absolute atomic E-state index is 12.4. The number of halogens is 1. The lowest BCUT2D eigenvalue weighted by molar-refractivity contribution is 0.0518. The number of aryl methyl sites for hydroxylation is 1. The summed E-state index contributed by atoms with van der Waals surface area (Å²) in [5.41, 5.74) is 1.31. The van der Waals surface area contributed by atoms with Crippen LogP contribution >= 0.6 is 15.9 Å². The number of carbonyl (C=O) groups excluding carboxylic acids is 1. The zero-order valence-electron chi connectivity index (χ0n) is 11.9. The quantitative estimate of drug-likeness (QED) is 0.854. The fourth-order valence-electron chi connectivity index (χ4n) is 2.27. The Bertz CT molecular complexity index is 469. The van der Waals surface area contributed by atoms with Crippen LogP contribution in [0.1, 0.15) is 29.5 Å². The lowest BCUT2D eigenvalue weighted by Gasteiger charge is -2.35. The van der Waals surface area contributed by atoms with E-state index < -0.39 is 0 Å². The summed E-state index contributed by atoms with van der Waals surface area (Å²) < 4.78 is 0.742. The van der Waals surface area contributed by atoms with Crippen molar-refractivity contribution in [2.24, 2.45) is 0 Å².